The normalized spacial score (nSPS) is 10.1. The molecule has 4 nitrogen and oxygen atoms in total. The molecule has 0 spiro atoms. The van der Waals surface area contributed by atoms with Crippen molar-refractivity contribution >= 4 is 11.6 Å². The lowest BCUT2D eigenvalue weighted by Gasteiger charge is -2.05. The highest BCUT2D eigenvalue weighted by Gasteiger charge is 2.02. The molecule has 0 aromatic heterocycles. The van der Waals surface area contributed by atoms with E-state index in [1.54, 1.807) is 13.2 Å². The molecule has 0 heterocycles. The van der Waals surface area contributed by atoms with Crippen molar-refractivity contribution in [2.75, 3.05) is 26.0 Å². The summed E-state index contributed by atoms with van der Waals surface area (Å²) < 4.78 is 4.89. The van der Waals surface area contributed by atoms with Gasteiger partial charge in [0.15, 0.2) is 0 Å². The average Bonchev–Trinajstić information content (AvgIpc) is 2.24. The van der Waals surface area contributed by atoms with Gasteiger partial charge in [-0.15, -0.1) is 0 Å². The van der Waals surface area contributed by atoms with Gasteiger partial charge in [0.1, 0.15) is 0 Å². The molecule has 1 aromatic rings. The zero-order chi connectivity index (χ0) is 11.8. The zero-order valence-electron chi connectivity index (χ0n) is 9.53. The van der Waals surface area contributed by atoms with Crippen molar-refractivity contribution in [3.63, 3.8) is 0 Å². The molecular formula is C12H18N2O2. The summed E-state index contributed by atoms with van der Waals surface area (Å²) >= 11 is 0. The predicted molar refractivity (Wildman–Crippen MR) is 64.1 cm³/mol. The number of nitrogens with one attached hydrogen (secondary N) is 1. The van der Waals surface area contributed by atoms with Crippen LogP contribution in [-0.2, 0) is 16.0 Å². The molecule has 0 radical (unpaired) electrons. The van der Waals surface area contributed by atoms with E-state index in [0.29, 0.717) is 25.3 Å². The molecule has 88 valence electrons. The molecule has 0 aliphatic carbocycles. The Labute approximate surface area is 95.8 Å². The summed E-state index contributed by atoms with van der Waals surface area (Å²) in [6.07, 6.45) is 1.21. The van der Waals surface area contributed by atoms with E-state index in [1.807, 2.05) is 18.2 Å². The van der Waals surface area contributed by atoms with E-state index < -0.39 is 0 Å². The number of methoxy groups -OCH3 is 1. The van der Waals surface area contributed by atoms with Gasteiger partial charge in [-0.3, -0.25) is 4.79 Å². The minimum Gasteiger partial charge on any atom is -0.399 e. The van der Waals surface area contributed by atoms with Crippen LogP contribution in [0.3, 0.4) is 0 Å². The number of carbonyl (C=O) groups is 1. The van der Waals surface area contributed by atoms with Crippen LogP contribution in [0.1, 0.15) is 12.0 Å². The van der Waals surface area contributed by atoms with Crippen molar-refractivity contribution in [1.29, 1.82) is 0 Å². The van der Waals surface area contributed by atoms with E-state index in [4.69, 9.17) is 10.5 Å². The second-order valence-corrected chi connectivity index (χ2v) is 3.62. The summed E-state index contributed by atoms with van der Waals surface area (Å²) in [6, 6.07) is 7.36. The van der Waals surface area contributed by atoms with Crippen molar-refractivity contribution in [3.8, 4) is 0 Å². The Balaban J connectivity index is 2.29. The summed E-state index contributed by atoms with van der Waals surface area (Å²) in [5, 5.41) is 2.83. The molecule has 0 aliphatic heterocycles. The molecule has 0 unspecified atom stereocenters. The summed E-state index contributed by atoms with van der Waals surface area (Å²) in [5.41, 5.74) is 7.25. The highest BCUT2D eigenvalue weighted by atomic mass is 16.5. The maximum absolute atomic E-state index is 11.5. The van der Waals surface area contributed by atoms with Gasteiger partial charge >= 0.3 is 0 Å². The van der Waals surface area contributed by atoms with E-state index in [9.17, 15) is 4.79 Å². The number of benzene rings is 1. The summed E-state index contributed by atoms with van der Waals surface area (Å²) in [4.78, 5) is 11.5. The summed E-state index contributed by atoms with van der Waals surface area (Å²) in [7, 11) is 1.65. The molecule has 4 heteroatoms. The third-order valence-corrected chi connectivity index (χ3v) is 2.16. The number of rotatable bonds is 6. The fraction of sp³-hybridized carbons (Fsp3) is 0.417. The molecule has 0 fully saturated rings. The monoisotopic (exact) mass is 222 g/mol. The molecule has 16 heavy (non-hydrogen) atoms. The number of hydrogen-bond donors (Lipinski definition) is 2. The first-order valence-corrected chi connectivity index (χ1v) is 5.32. The average molecular weight is 222 g/mol. The minimum absolute atomic E-state index is 0.0155. The SMILES string of the molecule is COCCCNC(=O)Cc1cccc(N)c1. The van der Waals surface area contributed by atoms with Crippen LogP contribution < -0.4 is 11.1 Å². The van der Waals surface area contributed by atoms with Crippen LogP contribution in [0.15, 0.2) is 24.3 Å². The molecule has 1 aromatic carbocycles. The topological polar surface area (TPSA) is 64.3 Å². The van der Waals surface area contributed by atoms with Crippen LogP contribution in [0.2, 0.25) is 0 Å². The van der Waals surface area contributed by atoms with Crippen molar-refractivity contribution in [2.45, 2.75) is 12.8 Å². The number of anilines is 1. The number of nitrogens with two attached hydrogens (primary N) is 1. The molecule has 0 aliphatic rings. The van der Waals surface area contributed by atoms with Crippen LogP contribution in [0.5, 0.6) is 0 Å². The maximum Gasteiger partial charge on any atom is 0.224 e. The third-order valence-electron chi connectivity index (χ3n) is 2.16. The Morgan fingerprint density at radius 1 is 1.50 bits per heavy atom. The standard InChI is InChI=1S/C12H18N2O2/c1-16-7-3-6-14-12(15)9-10-4-2-5-11(13)8-10/h2,4-5,8H,3,6-7,9,13H2,1H3,(H,14,15). The minimum atomic E-state index is 0.0155. The predicted octanol–water partition coefficient (Wildman–Crippen LogP) is 0.964. The molecule has 0 atom stereocenters. The van der Waals surface area contributed by atoms with Crippen molar-refractivity contribution in [1.82, 2.24) is 5.32 Å². The smallest absolute Gasteiger partial charge is 0.224 e. The van der Waals surface area contributed by atoms with Crippen molar-refractivity contribution in [2.24, 2.45) is 0 Å². The second-order valence-electron chi connectivity index (χ2n) is 3.62. The van der Waals surface area contributed by atoms with E-state index in [1.165, 1.54) is 0 Å². The van der Waals surface area contributed by atoms with Gasteiger partial charge in [-0.2, -0.15) is 0 Å². The van der Waals surface area contributed by atoms with Gasteiger partial charge in [0.05, 0.1) is 6.42 Å². The van der Waals surface area contributed by atoms with Crippen LogP contribution in [0.4, 0.5) is 5.69 Å². The molecule has 0 saturated carbocycles. The number of nitrogen functional groups attached to an aromatic ring is 1. The maximum atomic E-state index is 11.5. The van der Waals surface area contributed by atoms with Crippen molar-refractivity contribution in [3.05, 3.63) is 29.8 Å². The fourth-order valence-electron chi connectivity index (χ4n) is 1.40. The number of amides is 1. The Kier molecular flexibility index (Phi) is 5.36. The van der Waals surface area contributed by atoms with E-state index in [2.05, 4.69) is 5.32 Å². The quantitative estimate of drug-likeness (QED) is 0.556. The lowest BCUT2D eigenvalue weighted by molar-refractivity contribution is -0.120. The first-order chi connectivity index (χ1) is 7.72. The van der Waals surface area contributed by atoms with Gasteiger partial charge < -0.3 is 15.8 Å². The fourth-order valence-corrected chi connectivity index (χ4v) is 1.40. The number of hydrogen-bond acceptors (Lipinski definition) is 3. The van der Waals surface area contributed by atoms with Gasteiger partial charge in [0, 0.05) is 25.9 Å². The highest BCUT2D eigenvalue weighted by molar-refractivity contribution is 5.78. The van der Waals surface area contributed by atoms with Gasteiger partial charge in [0.25, 0.3) is 0 Å². The Morgan fingerprint density at radius 3 is 3.00 bits per heavy atom. The van der Waals surface area contributed by atoms with E-state index >= 15 is 0 Å². The molecule has 1 rings (SSSR count). The molecule has 0 saturated heterocycles. The second kappa shape index (κ2) is 6.85. The Bertz CT molecular complexity index is 340. The lowest BCUT2D eigenvalue weighted by Crippen LogP contribution is -2.26. The highest BCUT2D eigenvalue weighted by Crippen LogP contribution is 2.06. The van der Waals surface area contributed by atoms with Crippen molar-refractivity contribution < 1.29 is 9.53 Å². The van der Waals surface area contributed by atoms with Gasteiger partial charge in [-0.25, -0.2) is 0 Å². The molecular weight excluding hydrogens is 204 g/mol. The van der Waals surface area contributed by atoms with Gasteiger partial charge in [-0.05, 0) is 24.1 Å². The lowest BCUT2D eigenvalue weighted by atomic mass is 10.1. The van der Waals surface area contributed by atoms with Crippen LogP contribution in [0.25, 0.3) is 0 Å². The van der Waals surface area contributed by atoms with E-state index in [-0.39, 0.29) is 5.91 Å². The van der Waals surface area contributed by atoms with Crippen LogP contribution in [-0.4, -0.2) is 26.2 Å². The van der Waals surface area contributed by atoms with Crippen LogP contribution in [0, 0.1) is 0 Å². The number of carbonyl (C=O) groups excluding carboxylic acids is 1. The molecule has 3 N–H and O–H groups in total. The van der Waals surface area contributed by atoms with Gasteiger partial charge in [0.2, 0.25) is 5.91 Å². The zero-order valence-corrected chi connectivity index (χ0v) is 9.53. The molecule has 1 amide bonds. The third kappa shape index (κ3) is 4.79. The van der Waals surface area contributed by atoms with Crippen LogP contribution >= 0.6 is 0 Å². The largest absolute Gasteiger partial charge is 0.399 e. The first kappa shape index (κ1) is 12.5. The Morgan fingerprint density at radius 2 is 2.31 bits per heavy atom. The van der Waals surface area contributed by atoms with E-state index in [0.717, 1.165) is 12.0 Å². The molecule has 0 bridgehead atoms. The summed E-state index contributed by atoms with van der Waals surface area (Å²) in [5.74, 6) is 0.0155. The number of ether oxygens (including phenoxy) is 1. The first-order valence-electron chi connectivity index (χ1n) is 5.32. The van der Waals surface area contributed by atoms with Gasteiger partial charge in [-0.1, -0.05) is 12.1 Å². The summed E-state index contributed by atoms with van der Waals surface area (Å²) in [6.45, 7) is 1.31. The Hall–Kier alpha value is -1.55.